The van der Waals surface area contributed by atoms with Gasteiger partial charge in [0.1, 0.15) is 12.4 Å². The molecule has 98 valence electrons. The third-order valence-corrected chi connectivity index (χ3v) is 3.42. The number of carbonyl (C=O) groups excluding carboxylic acids is 1. The van der Waals surface area contributed by atoms with Crippen molar-refractivity contribution in [3.05, 3.63) is 29.8 Å². The minimum absolute atomic E-state index is 0.0591. The summed E-state index contributed by atoms with van der Waals surface area (Å²) in [6.45, 7) is 3.24. The number of carbonyl (C=O) groups is 1. The zero-order chi connectivity index (χ0) is 13.1. The number of alkyl halides is 1. The maximum Gasteiger partial charge on any atom is 0.229 e. The van der Waals surface area contributed by atoms with Crippen molar-refractivity contribution in [2.45, 2.75) is 18.2 Å². The van der Waals surface area contributed by atoms with Crippen LogP contribution in [0.5, 0.6) is 5.75 Å². The molecule has 1 aromatic rings. The van der Waals surface area contributed by atoms with Crippen molar-refractivity contribution in [2.24, 2.45) is 5.92 Å². The Morgan fingerprint density at radius 1 is 1.56 bits per heavy atom. The van der Waals surface area contributed by atoms with E-state index in [1.807, 2.05) is 38.2 Å². The third kappa shape index (κ3) is 3.05. The number of benzene rings is 1. The monoisotopic (exact) mass is 311 g/mol. The van der Waals surface area contributed by atoms with Crippen molar-refractivity contribution in [3.8, 4) is 5.75 Å². The fraction of sp³-hybridized carbons (Fsp3) is 0.500. The van der Waals surface area contributed by atoms with Gasteiger partial charge in [0.2, 0.25) is 5.91 Å². The van der Waals surface area contributed by atoms with Gasteiger partial charge in [0.15, 0.2) is 0 Å². The van der Waals surface area contributed by atoms with Crippen molar-refractivity contribution in [2.75, 3.05) is 20.2 Å². The zero-order valence-corrected chi connectivity index (χ0v) is 12.3. The summed E-state index contributed by atoms with van der Waals surface area (Å²) < 4.78 is 5.65. The van der Waals surface area contributed by atoms with Gasteiger partial charge in [0.05, 0.1) is 5.92 Å². The van der Waals surface area contributed by atoms with Gasteiger partial charge in [-0.25, -0.2) is 0 Å². The van der Waals surface area contributed by atoms with E-state index >= 15 is 0 Å². The van der Waals surface area contributed by atoms with Gasteiger partial charge in [-0.15, -0.1) is 0 Å². The lowest BCUT2D eigenvalue weighted by molar-refractivity contribution is -0.135. The van der Waals surface area contributed by atoms with Crippen LogP contribution in [0.4, 0.5) is 0 Å². The van der Waals surface area contributed by atoms with Crippen LogP contribution in [0.25, 0.3) is 0 Å². The second-order valence-electron chi connectivity index (χ2n) is 4.82. The normalized spacial score (nSPS) is 19.6. The largest absolute Gasteiger partial charge is 0.492 e. The first-order chi connectivity index (χ1) is 8.58. The number of fused-ring (bicyclic) bond motifs is 1. The molecule has 0 spiro atoms. The molecule has 1 heterocycles. The average molecular weight is 312 g/mol. The molecule has 2 rings (SSSR count). The van der Waals surface area contributed by atoms with Crippen LogP contribution in [0.15, 0.2) is 24.3 Å². The van der Waals surface area contributed by atoms with Crippen LogP contribution >= 0.6 is 15.9 Å². The number of nitrogens with zero attached hydrogens (tertiary/aromatic N) is 1. The predicted octanol–water partition coefficient (Wildman–Crippen LogP) is 2.48. The zero-order valence-electron chi connectivity index (χ0n) is 10.7. The number of hydrogen-bond acceptors (Lipinski definition) is 2. The number of halogens is 1. The maximum absolute atomic E-state index is 12.3. The predicted molar refractivity (Wildman–Crippen MR) is 75.2 cm³/mol. The molecule has 0 saturated carbocycles. The Morgan fingerprint density at radius 2 is 2.28 bits per heavy atom. The third-order valence-electron chi connectivity index (χ3n) is 3.13. The van der Waals surface area contributed by atoms with E-state index in [2.05, 4.69) is 15.9 Å². The molecule has 0 aliphatic carbocycles. The summed E-state index contributed by atoms with van der Waals surface area (Å²) in [7, 11) is 1.85. The molecule has 0 bridgehead atoms. The van der Waals surface area contributed by atoms with E-state index in [0.717, 1.165) is 24.3 Å². The van der Waals surface area contributed by atoms with Gasteiger partial charge in [-0.1, -0.05) is 41.1 Å². The maximum atomic E-state index is 12.3. The lowest BCUT2D eigenvalue weighted by Crippen LogP contribution is -2.40. The SMILES string of the molecule is CC(Br)CN(C)C(=O)C1COc2ccccc2C1. The summed E-state index contributed by atoms with van der Waals surface area (Å²) in [5, 5.41) is 0. The Labute approximate surface area is 116 Å². The molecule has 1 aliphatic heterocycles. The second-order valence-corrected chi connectivity index (χ2v) is 6.38. The van der Waals surface area contributed by atoms with Crippen LogP contribution in [-0.4, -0.2) is 35.8 Å². The molecular weight excluding hydrogens is 294 g/mol. The van der Waals surface area contributed by atoms with Crippen LogP contribution in [0.3, 0.4) is 0 Å². The minimum Gasteiger partial charge on any atom is -0.492 e. The van der Waals surface area contributed by atoms with Gasteiger partial charge in [0.25, 0.3) is 0 Å². The van der Waals surface area contributed by atoms with E-state index in [4.69, 9.17) is 4.74 Å². The highest BCUT2D eigenvalue weighted by Gasteiger charge is 2.28. The Hall–Kier alpha value is -1.03. The topological polar surface area (TPSA) is 29.5 Å². The molecule has 1 aromatic carbocycles. The molecule has 4 heteroatoms. The molecule has 0 N–H and O–H groups in total. The molecule has 1 aliphatic rings. The first-order valence-corrected chi connectivity index (χ1v) is 7.09. The fourth-order valence-electron chi connectivity index (χ4n) is 2.27. The van der Waals surface area contributed by atoms with Crippen molar-refractivity contribution in [1.82, 2.24) is 4.90 Å². The van der Waals surface area contributed by atoms with Gasteiger partial charge < -0.3 is 9.64 Å². The van der Waals surface area contributed by atoms with Crippen LogP contribution in [0.2, 0.25) is 0 Å². The van der Waals surface area contributed by atoms with Crippen molar-refractivity contribution >= 4 is 21.8 Å². The summed E-state index contributed by atoms with van der Waals surface area (Å²) in [4.78, 5) is 14.4. The molecule has 1 amide bonds. The quantitative estimate of drug-likeness (QED) is 0.803. The van der Waals surface area contributed by atoms with E-state index in [1.165, 1.54) is 0 Å². The van der Waals surface area contributed by atoms with Crippen molar-refractivity contribution in [1.29, 1.82) is 0 Å². The average Bonchev–Trinajstić information content (AvgIpc) is 2.36. The number of ether oxygens (including phenoxy) is 1. The van der Waals surface area contributed by atoms with Gasteiger partial charge in [-0.05, 0) is 18.1 Å². The van der Waals surface area contributed by atoms with Gasteiger partial charge in [-0.3, -0.25) is 4.79 Å². The van der Waals surface area contributed by atoms with E-state index in [9.17, 15) is 4.79 Å². The minimum atomic E-state index is -0.0591. The van der Waals surface area contributed by atoms with Crippen molar-refractivity contribution < 1.29 is 9.53 Å². The first kappa shape index (κ1) is 13.4. The molecule has 0 aromatic heterocycles. The van der Waals surface area contributed by atoms with E-state index < -0.39 is 0 Å². The molecule has 18 heavy (non-hydrogen) atoms. The Bertz CT molecular complexity index is 434. The van der Waals surface area contributed by atoms with Crippen molar-refractivity contribution in [3.63, 3.8) is 0 Å². The Kier molecular flexibility index (Phi) is 4.27. The molecular formula is C14H18BrNO2. The summed E-state index contributed by atoms with van der Waals surface area (Å²) in [6, 6.07) is 7.93. The molecule has 0 radical (unpaired) electrons. The lowest BCUT2D eigenvalue weighted by atomic mass is 9.95. The summed E-state index contributed by atoms with van der Waals surface area (Å²) in [5.74, 6) is 1.02. The number of amides is 1. The van der Waals surface area contributed by atoms with Crippen LogP contribution < -0.4 is 4.74 Å². The number of para-hydroxylation sites is 1. The standard InChI is InChI=1S/C14H18BrNO2/c1-10(15)8-16(2)14(17)12-7-11-5-3-4-6-13(11)18-9-12/h3-6,10,12H,7-9H2,1-2H3. The Morgan fingerprint density at radius 3 is 3.00 bits per heavy atom. The summed E-state index contributed by atoms with van der Waals surface area (Å²) in [5.41, 5.74) is 1.13. The van der Waals surface area contributed by atoms with Gasteiger partial charge in [0, 0.05) is 18.4 Å². The molecule has 0 saturated heterocycles. The number of rotatable bonds is 3. The fourth-order valence-corrected chi connectivity index (χ4v) is 2.70. The van der Waals surface area contributed by atoms with Crippen LogP contribution in [0.1, 0.15) is 12.5 Å². The highest BCUT2D eigenvalue weighted by Crippen LogP contribution is 2.27. The van der Waals surface area contributed by atoms with E-state index in [1.54, 1.807) is 4.90 Å². The van der Waals surface area contributed by atoms with E-state index in [0.29, 0.717) is 11.4 Å². The highest BCUT2D eigenvalue weighted by molar-refractivity contribution is 9.09. The molecule has 2 unspecified atom stereocenters. The summed E-state index contributed by atoms with van der Waals surface area (Å²) in [6.07, 6.45) is 0.774. The van der Waals surface area contributed by atoms with Gasteiger partial charge in [-0.2, -0.15) is 0 Å². The second kappa shape index (κ2) is 5.74. The van der Waals surface area contributed by atoms with Gasteiger partial charge >= 0.3 is 0 Å². The van der Waals surface area contributed by atoms with E-state index in [-0.39, 0.29) is 11.8 Å². The Balaban J connectivity index is 2.02. The smallest absolute Gasteiger partial charge is 0.229 e. The number of hydrogen-bond donors (Lipinski definition) is 0. The van der Waals surface area contributed by atoms with Crippen LogP contribution in [-0.2, 0) is 11.2 Å². The highest BCUT2D eigenvalue weighted by atomic mass is 79.9. The molecule has 0 fully saturated rings. The summed E-state index contributed by atoms with van der Waals surface area (Å²) >= 11 is 3.47. The van der Waals surface area contributed by atoms with Crippen LogP contribution in [0, 0.1) is 5.92 Å². The molecule has 2 atom stereocenters. The lowest BCUT2D eigenvalue weighted by Gasteiger charge is -2.28. The first-order valence-electron chi connectivity index (χ1n) is 6.17. The molecule has 3 nitrogen and oxygen atoms in total.